The average Bonchev–Trinajstić information content (AvgIpc) is 3.44. The number of primary amides is 1. The van der Waals surface area contributed by atoms with Crippen LogP contribution in [0.25, 0.3) is 0 Å². The number of ether oxygens (including phenoxy) is 1. The van der Waals surface area contributed by atoms with E-state index in [9.17, 15) is 33.2 Å². The van der Waals surface area contributed by atoms with Crippen molar-refractivity contribution in [2.75, 3.05) is 6.54 Å². The van der Waals surface area contributed by atoms with Crippen LogP contribution in [-0.4, -0.2) is 70.6 Å². The first-order valence-electron chi connectivity index (χ1n) is 15.9. The van der Waals surface area contributed by atoms with Crippen LogP contribution in [0.4, 0.5) is 9.18 Å². The predicted octanol–water partition coefficient (Wildman–Crippen LogP) is 2.72. The summed E-state index contributed by atoms with van der Waals surface area (Å²) in [7, 11) is 0. The van der Waals surface area contributed by atoms with E-state index in [1.54, 1.807) is 20.8 Å². The van der Waals surface area contributed by atoms with Crippen LogP contribution in [0.1, 0.15) is 85.6 Å². The predicted molar refractivity (Wildman–Crippen MR) is 167 cm³/mol. The first-order chi connectivity index (χ1) is 21.5. The number of likely N-dealkylation sites (tertiary alicyclic amines) is 1. The topological polar surface area (TPSA) is 177 Å². The standard InChI is InChI=1S/C33H48FN5O7/c1-19(2)23-14-17-39(24(23)28(42)36-20(3)25(40)27(35)41)29(43)26(32(4,5)6)37-31(45)38-33(15-8-7-9-16-33)30(44)46-18-21-10-12-22(34)13-11-21/h10-13,19-20,23-24,26H,7-9,14-18H2,1-6H3,(H2,35,41)(H,36,42)(H2,37,38,45)/t20?,23-,24+,26?/m1/s1. The van der Waals surface area contributed by atoms with Crippen LogP contribution in [0, 0.1) is 23.1 Å². The van der Waals surface area contributed by atoms with Gasteiger partial charge in [0.05, 0.1) is 6.04 Å². The van der Waals surface area contributed by atoms with Crippen molar-refractivity contribution in [3.63, 3.8) is 0 Å². The van der Waals surface area contributed by atoms with E-state index in [4.69, 9.17) is 10.5 Å². The summed E-state index contributed by atoms with van der Waals surface area (Å²) in [6.07, 6.45) is 3.48. The summed E-state index contributed by atoms with van der Waals surface area (Å²) in [6, 6.07) is 1.64. The molecule has 2 fully saturated rings. The molecule has 1 heterocycles. The van der Waals surface area contributed by atoms with E-state index in [1.807, 2.05) is 13.8 Å². The van der Waals surface area contributed by atoms with Gasteiger partial charge in [0.25, 0.3) is 5.91 Å². The number of hydrogen-bond donors (Lipinski definition) is 4. The number of nitrogens with zero attached hydrogens (tertiary/aromatic N) is 1. The van der Waals surface area contributed by atoms with Crippen LogP contribution in [0.5, 0.6) is 0 Å². The highest BCUT2D eigenvalue weighted by Gasteiger charge is 2.48. The van der Waals surface area contributed by atoms with E-state index in [0.29, 0.717) is 37.7 Å². The molecule has 4 atom stereocenters. The van der Waals surface area contributed by atoms with Gasteiger partial charge in [0.1, 0.15) is 30.0 Å². The molecule has 1 aromatic carbocycles. The molecule has 0 aromatic heterocycles. The molecule has 3 rings (SSSR count). The van der Waals surface area contributed by atoms with Gasteiger partial charge in [-0.1, -0.05) is 66.0 Å². The Bertz CT molecular complexity index is 1300. The summed E-state index contributed by atoms with van der Waals surface area (Å²) >= 11 is 0. The molecule has 0 bridgehead atoms. The molecule has 5 amide bonds. The molecule has 13 heteroatoms. The van der Waals surface area contributed by atoms with Gasteiger partial charge in [0, 0.05) is 6.54 Å². The molecular weight excluding hydrogens is 597 g/mol. The Balaban J connectivity index is 1.80. The highest BCUT2D eigenvalue weighted by molar-refractivity contribution is 6.37. The molecule has 2 aliphatic rings. The third kappa shape index (κ3) is 8.82. The Morgan fingerprint density at radius 1 is 1.00 bits per heavy atom. The van der Waals surface area contributed by atoms with Crippen LogP contribution in [-0.2, 0) is 35.3 Å². The van der Waals surface area contributed by atoms with E-state index in [2.05, 4.69) is 16.0 Å². The molecule has 1 saturated heterocycles. The van der Waals surface area contributed by atoms with Gasteiger partial charge < -0.3 is 31.3 Å². The summed E-state index contributed by atoms with van der Waals surface area (Å²) in [5.41, 5.74) is 3.59. The molecule has 1 aliphatic heterocycles. The molecule has 5 N–H and O–H groups in total. The number of carbonyl (C=O) groups excluding carboxylic acids is 6. The van der Waals surface area contributed by atoms with Crippen molar-refractivity contribution in [1.82, 2.24) is 20.9 Å². The minimum atomic E-state index is -1.31. The quantitative estimate of drug-likeness (QED) is 0.211. The number of hydrogen-bond acceptors (Lipinski definition) is 7. The lowest BCUT2D eigenvalue weighted by Gasteiger charge is -2.39. The normalized spacial score (nSPS) is 20.7. The highest BCUT2D eigenvalue weighted by atomic mass is 19.1. The number of esters is 1. The van der Waals surface area contributed by atoms with Crippen LogP contribution in [0.3, 0.4) is 0 Å². The molecule has 12 nitrogen and oxygen atoms in total. The van der Waals surface area contributed by atoms with Gasteiger partial charge in [-0.05, 0) is 61.1 Å². The van der Waals surface area contributed by atoms with Crippen molar-refractivity contribution in [2.24, 2.45) is 23.0 Å². The lowest BCUT2D eigenvalue weighted by atomic mass is 9.81. The summed E-state index contributed by atoms with van der Waals surface area (Å²) < 4.78 is 18.9. The Hall–Kier alpha value is -4.03. The van der Waals surface area contributed by atoms with E-state index >= 15 is 0 Å². The first kappa shape index (κ1) is 36.4. The van der Waals surface area contributed by atoms with Crippen molar-refractivity contribution in [1.29, 1.82) is 0 Å². The van der Waals surface area contributed by atoms with Gasteiger partial charge in [-0.15, -0.1) is 0 Å². The molecule has 46 heavy (non-hydrogen) atoms. The molecule has 1 aromatic rings. The minimum Gasteiger partial charge on any atom is -0.459 e. The third-order valence-electron chi connectivity index (χ3n) is 8.97. The number of nitrogens with two attached hydrogens (primary N) is 1. The zero-order valence-electron chi connectivity index (χ0n) is 27.6. The molecule has 2 unspecified atom stereocenters. The van der Waals surface area contributed by atoms with Gasteiger partial charge in [0.15, 0.2) is 0 Å². The maximum absolute atomic E-state index is 14.2. The zero-order chi connectivity index (χ0) is 34.4. The van der Waals surface area contributed by atoms with Crippen LogP contribution in [0.15, 0.2) is 24.3 Å². The maximum Gasteiger partial charge on any atom is 0.332 e. The lowest BCUT2D eigenvalue weighted by Crippen LogP contribution is -2.64. The number of ketones is 1. The van der Waals surface area contributed by atoms with Gasteiger partial charge in [0.2, 0.25) is 17.6 Å². The fourth-order valence-electron chi connectivity index (χ4n) is 6.28. The van der Waals surface area contributed by atoms with Crippen LogP contribution in [0.2, 0.25) is 0 Å². The number of benzene rings is 1. The Morgan fingerprint density at radius 3 is 2.15 bits per heavy atom. The van der Waals surface area contributed by atoms with E-state index in [0.717, 1.165) is 6.42 Å². The summed E-state index contributed by atoms with van der Waals surface area (Å²) in [6.45, 7) is 10.7. The fourth-order valence-corrected chi connectivity index (χ4v) is 6.28. The number of urea groups is 1. The largest absolute Gasteiger partial charge is 0.459 e. The second-order valence-electron chi connectivity index (χ2n) is 13.9. The molecular formula is C33H48FN5O7. The molecule has 0 radical (unpaired) electrons. The Kier molecular flexibility index (Phi) is 11.9. The first-order valence-corrected chi connectivity index (χ1v) is 15.9. The van der Waals surface area contributed by atoms with E-state index < -0.39 is 70.4 Å². The third-order valence-corrected chi connectivity index (χ3v) is 8.97. The number of rotatable bonds is 11. The number of carbonyl (C=O) groups is 6. The highest BCUT2D eigenvalue weighted by Crippen LogP contribution is 2.34. The summed E-state index contributed by atoms with van der Waals surface area (Å²) in [5, 5.41) is 8.14. The molecule has 1 saturated carbocycles. The Morgan fingerprint density at radius 2 is 1.61 bits per heavy atom. The SMILES string of the molecule is CC(NC(=O)[C@@H]1[C@@H](C(C)C)CCN1C(=O)C(NC(=O)NC1(C(=O)OCc2ccc(F)cc2)CCCCC1)C(C)(C)C)C(=O)C(N)=O. The van der Waals surface area contributed by atoms with Crippen molar-refractivity contribution in [2.45, 2.75) is 110 Å². The van der Waals surface area contributed by atoms with Crippen LogP contribution >= 0.6 is 0 Å². The van der Waals surface area contributed by atoms with Crippen LogP contribution < -0.4 is 21.7 Å². The Labute approximate surface area is 269 Å². The molecule has 254 valence electrons. The van der Waals surface area contributed by atoms with Crippen molar-refractivity contribution in [3.05, 3.63) is 35.6 Å². The van der Waals surface area contributed by atoms with E-state index in [1.165, 1.54) is 36.1 Å². The van der Waals surface area contributed by atoms with Gasteiger partial charge in [-0.3, -0.25) is 19.2 Å². The number of Topliss-reactive ketones (excluding diaryl/α,β-unsaturated/α-hetero) is 1. The van der Waals surface area contributed by atoms with Crippen molar-refractivity contribution < 1.29 is 37.9 Å². The summed E-state index contributed by atoms with van der Waals surface area (Å²) in [4.78, 5) is 79.5. The van der Waals surface area contributed by atoms with E-state index in [-0.39, 0.29) is 25.0 Å². The van der Waals surface area contributed by atoms with Gasteiger partial charge in [-0.25, -0.2) is 14.0 Å². The monoisotopic (exact) mass is 645 g/mol. The number of nitrogens with one attached hydrogen (secondary N) is 3. The number of halogens is 1. The second-order valence-corrected chi connectivity index (χ2v) is 13.9. The second kappa shape index (κ2) is 15.0. The maximum atomic E-state index is 14.2. The smallest absolute Gasteiger partial charge is 0.332 e. The minimum absolute atomic E-state index is 0.00660. The average molecular weight is 646 g/mol. The van der Waals surface area contributed by atoms with Crippen molar-refractivity contribution in [3.8, 4) is 0 Å². The van der Waals surface area contributed by atoms with Gasteiger partial charge >= 0.3 is 12.0 Å². The van der Waals surface area contributed by atoms with Crippen molar-refractivity contribution >= 4 is 35.5 Å². The van der Waals surface area contributed by atoms with Gasteiger partial charge in [-0.2, -0.15) is 0 Å². The summed E-state index contributed by atoms with van der Waals surface area (Å²) in [5.74, 6) is -4.46. The zero-order valence-corrected chi connectivity index (χ0v) is 27.6. The number of amides is 5. The fraction of sp³-hybridized carbons (Fsp3) is 0.636. The lowest BCUT2D eigenvalue weighted by molar-refractivity contribution is -0.154. The molecule has 1 aliphatic carbocycles. The molecule has 0 spiro atoms.